The lowest BCUT2D eigenvalue weighted by molar-refractivity contribution is 0.0933. The second-order valence-electron chi connectivity index (χ2n) is 8.62. The summed E-state index contributed by atoms with van der Waals surface area (Å²) in [6.07, 6.45) is -0.449. The highest BCUT2D eigenvalue weighted by atomic mass is 32.2. The second-order valence-corrected chi connectivity index (χ2v) is 11.4. The predicted molar refractivity (Wildman–Crippen MR) is 146 cm³/mol. The molecule has 0 bridgehead atoms. The normalized spacial score (nSPS) is 14.4. The molecule has 0 spiro atoms. The lowest BCUT2D eigenvalue weighted by Gasteiger charge is -2.33. The van der Waals surface area contributed by atoms with Crippen molar-refractivity contribution < 1.29 is 31.9 Å². The van der Waals surface area contributed by atoms with Crippen LogP contribution in [0.3, 0.4) is 0 Å². The van der Waals surface area contributed by atoms with E-state index in [1.807, 2.05) is 18.2 Å². The summed E-state index contributed by atoms with van der Waals surface area (Å²) >= 11 is 1.25. The maximum absolute atomic E-state index is 13.1. The number of ether oxygens (including phenoxy) is 2. The van der Waals surface area contributed by atoms with Crippen LogP contribution in [0.4, 0.5) is 9.93 Å². The molecule has 2 aromatic carbocycles. The number of carbonyl (C=O) groups excluding carboxylic acids is 2. The van der Waals surface area contributed by atoms with Gasteiger partial charge in [-0.2, -0.15) is 4.31 Å². The van der Waals surface area contributed by atoms with Gasteiger partial charge in [0.2, 0.25) is 10.0 Å². The Labute approximate surface area is 229 Å². The molecule has 204 valence electrons. The maximum Gasteiger partial charge on any atom is 0.409 e. The van der Waals surface area contributed by atoms with Crippen LogP contribution in [0, 0.1) is 0 Å². The molecule has 1 aliphatic rings. The molecule has 0 unspecified atom stereocenters. The fraction of sp³-hybridized carbons (Fsp3) is 0.269. The van der Waals surface area contributed by atoms with E-state index in [1.165, 1.54) is 44.8 Å². The van der Waals surface area contributed by atoms with Gasteiger partial charge in [-0.1, -0.05) is 0 Å². The summed E-state index contributed by atoms with van der Waals surface area (Å²) < 4.78 is 43.5. The number of fused-ring (bicyclic) bond motifs is 1. The standard InChI is InChI=1S/C26H26N4O7S2/c1-3-36-26(32)29-10-12-30(13-11-29)39(33,34)20-8-5-17(6-9-20)24(31)28-25-27-21(16-38-25)23-14-18-4-7-19(35-2)15-22(18)37-23/h4-9,14-16H,3,10-13H2,1-2H3,(H,27,28,31). The first-order valence-electron chi connectivity index (χ1n) is 12.1. The van der Waals surface area contributed by atoms with Gasteiger partial charge in [0.05, 0.1) is 18.6 Å². The van der Waals surface area contributed by atoms with Crippen LogP contribution < -0.4 is 10.1 Å². The number of sulfonamides is 1. The number of amides is 2. The van der Waals surface area contributed by atoms with Crippen molar-refractivity contribution in [3.8, 4) is 17.2 Å². The number of methoxy groups -OCH3 is 1. The summed E-state index contributed by atoms with van der Waals surface area (Å²) in [5, 5.41) is 5.81. The number of hydrogen-bond acceptors (Lipinski definition) is 9. The SMILES string of the molecule is CCOC(=O)N1CCN(S(=O)(=O)c2ccc(C(=O)Nc3nc(-c4cc5ccc(OC)cc5o4)cs3)cc2)CC1. The van der Waals surface area contributed by atoms with Crippen molar-refractivity contribution in [3.05, 3.63) is 59.5 Å². The molecule has 4 aromatic rings. The van der Waals surface area contributed by atoms with Crippen molar-refractivity contribution in [1.82, 2.24) is 14.2 Å². The third-order valence-corrected chi connectivity index (χ3v) is 8.89. The minimum absolute atomic E-state index is 0.0710. The Balaban J connectivity index is 1.22. The Hall–Kier alpha value is -3.94. The van der Waals surface area contributed by atoms with Crippen molar-refractivity contribution in [2.45, 2.75) is 11.8 Å². The highest BCUT2D eigenvalue weighted by Gasteiger charge is 2.30. The summed E-state index contributed by atoms with van der Waals surface area (Å²) in [5.41, 5.74) is 1.53. The van der Waals surface area contributed by atoms with E-state index in [1.54, 1.807) is 25.5 Å². The molecule has 39 heavy (non-hydrogen) atoms. The summed E-state index contributed by atoms with van der Waals surface area (Å²) in [6, 6.07) is 13.1. The molecule has 0 radical (unpaired) electrons. The van der Waals surface area contributed by atoms with Crippen LogP contribution >= 0.6 is 11.3 Å². The zero-order valence-corrected chi connectivity index (χ0v) is 22.9. The molecule has 1 N–H and O–H groups in total. The second kappa shape index (κ2) is 11.0. The Morgan fingerprint density at radius 2 is 1.82 bits per heavy atom. The third-order valence-electron chi connectivity index (χ3n) is 6.22. The number of furan rings is 1. The monoisotopic (exact) mass is 570 g/mol. The van der Waals surface area contributed by atoms with Gasteiger partial charge in [0, 0.05) is 48.6 Å². The predicted octanol–water partition coefficient (Wildman–Crippen LogP) is 4.28. The molecule has 3 heterocycles. The van der Waals surface area contributed by atoms with Gasteiger partial charge in [-0.25, -0.2) is 18.2 Å². The number of aromatic nitrogens is 1. The zero-order valence-electron chi connectivity index (χ0n) is 21.2. The minimum atomic E-state index is -3.77. The quantitative estimate of drug-likeness (QED) is 0.348. The molecule has 0 saturated carbocycles. The molecule has 0 atom stereocenters. The van der Waals surface area contributed by atoms with Crippen LogP contribution in [0.5, 0.6) is 5.75 Å². The van der Waals surface area contributed by atoms with E-state index >= 15 is 0 Å². The smallest absolute Gasteiger partial charge is 0.409 e. The molecule has 1 saturated heterocycles. The molecule has 13 heteroatoms. The van der Waals surface area contributed by atoms with E-state index in [9.17, 15) is 18.0 Å². The number of benzene rings is 2. The minimum Gasteiger partial charge on any atom is -0.497 e. The van der Waals surface area contributed by atoms with E-state index in [2.05, 4.69) is 10.3 Å². The van der Waals surface area contributed by atoms with Gasteiger partial charge in [0.15, 0.2) is 10.9 Å². The number of nitrogens with one attached hydrogen (secondary N) is 1. The van der Waals surface area contributed by atoms with E-state index in [4.69, 9.17) is 13.9 Å². The molecular formula is C26H26N4O7S2. The fourth-order valence-electron chi connectivity index (χ4n) is 4.13. The molecule has 0 aliphatic carbocycles. The largest absolute Gasteiger partial charge is 0.497 e. The van der Waals surface area contributed by atoms with Crippen LogP contribution in [0.1, 0.15) is 17.3 Å². The van der Waals surface area contributed by atoms with E-state index in [0.29, 0.717) is 27.9 Å². The van der Waals surface area contributed by atoms with Gasteiger partial charge in [0.25, 0.3) is 5.91 Å². The Bertz CT molecular complexity index is 1600. The van der Waals surface area contributed by atoms with Gasteiger partial charge in [-0.15, -0.1) is 11.3 Å². The first-order valence-corrected chi connectivity index (χ1v) is 14.5. The molecular weight excluding hydrogens is 544 g/mol. The molecule has 5 rings (SSSR count). The summed E-state index contributed by atoms with van der Waals surface area (Å²) in [4.78, 5) is 30.7. The summed E-state index contributed by atoms with van der Waals surface area (Å²) in [6.45, 7) is 2.80. The lowest BCUT2D eigenvalue weighted by atomic mass is 10.2. The van der Waals surface area contributed by atoms with Gasteiger partial charge < -0.3 is 18.8 Å². The third kappa shape index (κ3) is 5.60. The number of anilines is 1. The van der Waals surface area contributed by atoms with Crippen molar-refractivity contribution in [3.63, 3.8) is 0 Å². The number of nitrogens with zero attached hydrogens (tertiary/aromatic N) is 3. The average Bonchev–Trinajstić information content (AvgIpc) is 3.60. The van der Waals surface area contributed by atoms with Crippen molar-refractivity contribution >= 4 is 49.5 Å². The number of piperazine rings is 1. The average molecular weight is 571 g/mol. The fourth-order valence-corrected chi connectivity index (χ4v) is 6.25. The summed E-state index contributed by atoms with van der Waals surface area (Å²) in [5.74, 6) is 0.829. The van der Waals surface area contributed by atoms with Gasteiger partial charge in [0.1, 0.15) is 17.0 Å². The Kier molecular flexibility index (Phi) is 7.55. The van der Waals surface area contributed by atoms with Gasteiger partial charge in [-0.3, -0.25) is 10.1 Å². The Morgan fingerprint density at radius 3 is 2.51 bits per heavy atom. The zero-order chi connectivity index (χ0) is 27.6. The lowest BCUT2D eigenvalue weighted by Crippen LogP contribution is -2.50. The topological polar surface area (TPSA) is 131 Å². The van der Waals surface area contributed by atoms with Crippen LogP contribution in [0.15, 0.2) is 63.2 Å². The van der Waals surface area contributed by atoms with E-state index in [-0.39, 0.29) is 43.2 Å². The van der Waals surface area contributed by atoms with Gasteiger partial charge >= 0.3 is 6.09 Å². The van der Waals surface area contributed by atoms with Crippen molar-refractivity contribution in [1.29, 1.82) is 0 Å². The van der Waals surface area contributed by atoms with Crippen LogP contribution in [0.25, 0.3) is 22.4 Å². The highest BCUT2D eigenvalue weighted by molar-refractivity contribution is 7.89. The van der Waals surface area contributed by atoms with E-state index in [0.717, 1.165) is 5.39 Å². The molecule has 1 fully saturated rings. The van der Waals surface area contributed by atoms with E-state index < -0.39 is 22.0 Å². The van der Waals surface area contributed by atoms with Gasteiger partial charge in [-0.05, 0) is 49.4 Å². The number of carbonyl (C=O) groups is 2. The molecule has 2 amide bonds. The summed E-state index contributed by atoms with van der Waals surface area (Å²) in [7, 11) is -2.19. The van der Waals surface area contributed by atoms with Crippen LogP contribution in [-0.2, 0) is 14.8 Å². The Morgan fingerprint density at radius 1 is 1.08 bits per heavy atom. The van der Waals surface area contributed by atoms with Crippen LogP contribution in [-0.4, -0.2) is 74.5 Å². The number of thiazole rings is 1. The first-order chi connectivity index (χ1) is 18.8. The molecule has 2 aromatic heterocycles. The number of hydrogen-bond donors (Lipinski definition) is 1. The van der Waals surface area contributed by atoms with Crippen LogP contribution in [0.2, 0.25) is 0 Å². The number of rotatable bonds is 7. The molecule has 1 aliphatic heterocycles. The first kappa shape index (κ1) is 26.7. The van der Waals surface area contributed by atoms with Crippen molar-refractivity contribution in [2.75, 3.05) is 45.2 Å². The maximum atomic E-state index is 13.1. The van der Waals surface area contributed by atoms with Crippen molar-refractivity contribution in [2.24, 2.45) is 0 Å². The molecule has 11 nitrogen and oxygen atoms in total. The highest BCUT2D eigenvalue weighted by Crippen LogP contribution is 2.32.